The van der Waals surface area contributed by atoms with Crippen LogP contribution in [0.15, 0.2) is 42.0 Å². The molecule has 0 saturated carbocycles. The SMILES string of the molecule is COc1cc(/C(O)=C(\C#N)C(=O)N(C)CCOc2cccc(CC(C)O)c2)cc([N+](=O)[O-])c1O. The highest BCUT2D eigenvalue weighted by atomic mass is 16.6. The van der Waals surface area contributed by atoms with Gasteiger partial charge in [-0.1, -0.05) is 12.1 Å². The van der Waals surface area contributed by atoms with Gasteiger partial charge >= 0.3 is 5.69 Å². The van der Waals surface area contributed by atoms with Crippen LogP contribution in [0, 0.1) is 21.4 Å². The first-order chi connectivity index (χ1) is 16.1. The fourth-order valence-corrected chi connectivity index (χ4v) is 3.07. The predicted molar refractivity (Wildman–Crippen MR) is 121 cm³/mol. The number of benzene rings is 2. The van der Waals surface area contributed by atoms with Crippen LogP contribution in [0.4, 0.5) is 5.69 Å². The van der Waals surface area contributed by atoms with Crippen molar-refractivity contribution in [2.45, 2.75) is 19.4 Å². The molecule has 0 saturated heterocycles. The van der Waals surface area contributed by atoms with Gasteiger partial charge in [-0.15, -0.1) is 0 Å². The molecule has 11 nitrogen and oxygen atoms in total. The summed E-state index contributed by atoms with van der Waals surface area (Å²) in [5.41, 5.74) is -0.769. The van der Waals surface area contributed by atoms with Crippen LogP contribution in [0.5, 0.6) is 17.2 Å². The Kier molecular flexibility index (Phi) is 8.80. The number of aromatic hydroxyl groups is 1. The molecule has 1 unspecified atom stereocenters. The van der Waals surface area contributed by atoms with E-state index in [0.29, 0.717) is 12.2 Å². The Morgan fingerprint density at radius 3 is 2.62 bits per heavy atom. The molecular formula is C23H25N3O8. The van der Waals surface area contributed by atoms with Gasteiger partial charge in [0.2, 0.25) is 5.75 Å². The Morgan fingerprint density at radius 1 is 1.32 bits per heavy atom. The standard InChI is InChI=1S/C23H25N3O8/c1-14(27)9-15-5-4-6-17(10-15)34-8-7-25(2)23(30)18(13-24)21(28)16-11-19(26(31)32)22(29)20(12-16)33-3/h4-6,10-12,14,27-29H,7-9H2,1-3H3/b21-18-. The number of carbonyl (C=O) groups is 1. The fourth-order valence-electron chi connectivity index (χ4n) is 3.07. The van der Waals surface area contributed by atoms with Crippen LogP contribution < -0.4 is 9.47 Å². The van der Waals surface area contributed by atoms with Gasteiger partial charge in [0.1, 0.15) is 24.2 Å². The summed E-state index contributed by atoms with van der Waals surface area (Å²) in [5.74, 6) is -2.14. The summed E-state index contributed by atoms with van der Waals surface area (Å²) in [6.45, 7) is 1.82. The average molecular weight is 471 g/mol. The molecule has 11 heteroatoms. The molecule has 0 aliphatic carbocycles. The number of aliphatic hydroxyl groups excluding tert-OH is 2. The molecule has 0 spiro atoms. The second kappa shape index (κ2) is 11.5. The van der Waals surface area contributed by atoms with Crippen LogP contribution >= 0.6 is 0 Å². The van der Waals surface area contributed by atoms with Gasteiger partial charge in [0, 0.05) is 18.7 Å². The highest BCUT2D eigenvalue weighted by Gasteiger charge is 2.25. The van der Waals surface area contributed by atoms with E-state index in [1.54, 1.807) is 31.2 Å². The summed E-state index contributed by atoms with van der Waals surface area (Å²) in [7, 11) is 2.56. The van der Waals surface area contributed by atoms with E-state index in [2.05, 4.69) is 0 Å². The second-order valence-electron chi connectivity index (χ2n) is 7.41. The third-order valence-corrected chi connectivity index (χ3v) is 4.78. The van der Waals surface area contributed by atoms with Crippen molar-refractivity contribution in [3.05, 3.63) is 63.2 Å². The molecule has 2 aromatic rings. The van der Waals surface area contributed by atoms with Crippen LogP contribution in [0.3, 0.4) is 0 Å². The van der Waals surface area contributed by atoms with Crippen LogP contribution in [0.1, 0.15) is 18.1 Å². The molecule has 34 heavy (non-hydrogen) atoms. The zero-order valence-corrected chi connectivity index (χ0v) is 18.9. The van der Waals surface area contributed by atoms with Gasteiger partial charge in [-0.3, -0.25) is 14.9 Å². The maximum Gasteiger partial charge on any atom is 0.315 e. The second-order valence-corrected chi connectivity index (χ2v) is 7.41. The van der Waals surface area contributed by atoms with Gasteiger partial charge in [-0.2, -0.15) is 5.26 Å². The number of phenols is 1. The lowest BCUT2D eigenvalue weighted by atomic mass is 10.1. The van der Waals surface area contributed by atoms with Crippen LogP contribution in [0.2, 0.25) is 0 Å². The molecule has 2 aromatic carbocycles. The number of nitriles is 1. The monoisotopic (exact) mass is 471 g/mol. The van der Waals surface area contributed by atoms with Crippen molar-refractivity contribution >= 4 is 17.4 Å². The molecule has 0 aliphatic heterocycles. The third-order valence-electron chi connectivity index (χ3n) is 4.78. The largest absolute Gasteiger partial charge is 0.506 e. The Balaban J connectivity index is 2.18. The first kappa shape index (κ1) is 26.0. The number of methoxy groups -OCH3 is 1. The number of nitro groups is 1. The minimum Gasteiger partial charge on any atom is -0.506 e. The Hall–Kier alpha value is -4.30. The summed E-state index contributed by atoms with van der Waals surface area (Å²) < 4.78 is 10.5. The Labute approximate surface area is 195 Å². The number of aliphatic hydroxyl groups is 2. The van der Waals surface area contributed by atoms with E-state index in [4.69, 9.17) is 9.47 Å². The molecule has 1 atom stereocenters. The van der Waals surface area contributed by atoms with E-state index in [1.807, 2.05) is 6.07 Å². The van der Waals surface area contributed by atoms with E-state index < -0.39 is 39.7 Å². The number of rotatable bonds is 10. The lowest BCUT2D eigenvalue weighted by Crippen LogP contribution is -2.32. The zero-order valence-electron chi connectivity index (χ0n) is 18.9. The normalized spacial score (nSPS) is 12.2. The minimum absolute atomic E-state index is 0.0664. The van der Waals surface area contributed by atoms with Crippen molar-refractivity contribution in [1.82, 2.24) is 4.90 Å². The smallest absolute Gasteiger partial charge is 0.315 e. The summed E-state index contributed by atoms with van der Waals surface area (Å²) in [6, 6.07) is 10.7. The van der Waals surface area contributed by atoms with Gasteiger partial charge in [0.15, 0.2) is 11.3 Å². The number of nitro benzene ring substituents is 1. The van der Waals surface area contributed by atoms with E-state index >= 15 is 0 Å². The number of phenolic OH excluding ortho intramolecular Hbond substituents is 1. The molecular weight excluding hydrogens is 446 g/mol. The number of hydrogen-bond donors (Lipinski definition) is 3. The van der Waals surface area contributed by atoms with Crippen molar-refractivity contribution in [3.8, 4) is 23.3 Å². The van der Waals surface area contributed by atoms with Crippen LogP contribution in [-0.4, -0.2) is 64.5 Å². The van der Waals surface area contributed by atoms with Crippen molar-refractivity contribution in [1.29, 1.82) is 5.26 Å². The third kappa shape index (κ3) is 6.36. The topological polar surface area (TPSA) is 166 Å². The van der Waals surface area contributed by atoms with E-state index in [-0.39, 0.29) is 24.5 Å². The molecule has 0 aromatic heterocycles. The van der Waals surface area contributed by atoms with Gasteiger partial charge in [0.05, 0.1) is 24.7 Å². The Morgan fingerprint density at radius 2 is 2.03 bits per heavy atom. The molecule has 0 bridgehead atoms. The highest BCUT2D eigenvalue weighted by molar-refractivity contribution is 6.03. The van der Waals surface area contributed by atoms with Crippen LogP contribution in [0.25, 0.3) is 5.76 Å². The lowest BCUT2D eigenvalue weighted by Gasteiger charge is -2.18. The van der Waals surface area contributed by atoms with E-state index in [1.165, 1.54) is 7.05 Å². The number of likely N-dealkylation sites (N-methyl/N-ethyl adjacent to an activating group) is 1. The lowest BCUT2D eigenvalue weighted by molar-refractivity contribution is -0.386. The number of amides is 1. The van der Waals surface area contributed by atoms with Crippen molar-refractivity contribution in [2.24, 2.45) is 0 Å². The molecule has 2 rings (SSSR count). The predicted octanol–water partition coefficient (Wildman–Crippen LogP) is 2.56. The summed E-state index contributed by atoms with van der Waals surface area (Å²) in [4.78, 5) is 24.2. The van der Waals surface area contributed by atoms with Gasteiger partial charge in [-0.05, 0) is 37.1 Å². The van der Waals surface area contributed by atoms with Crippen molar-refractivity contribution in [2.75, 3.05) is 27.3 Å². The maximum atomic E-state index is 12.7. The van der Waals surface area contributed by atoms with Gasteiger partial charge in [0.25, 0.3) is 5.91 Å². The quantitative estimate of drug-likeness (QED) is 0.155. The number of nitrogens with zero attached hydrogens (tertiary/aromatic N) is 3. The first-order valence-electron chi connectivity index (χ1n) is 10.1. The molecule has 0 radical (unpaired) electrons. The van der Waals surface area contributed by atoms with E-state index in [0.717, 1.165) is 29.7 Å². The number of carbonyl (C=O) groups excluding carboxylic acids is 1. The first-order valence-corrected chi connectivity index (χ1v) is 10.1. The zero-order chi connectivity index (χ0) is 25.4. The van der Waals surface area contributed by atoms with Gasteiger partial charge in [-0.25, -0.2) is 0 Å². The minimum atomic E-state index is -0.887. The molecule has 1 amide bonds. The summed E-state index contributed by atoms with van der Waals surface area (Å²) >= 11 is 0. The number of ether oxygens (including phenoxy) is 2. The Bertz CT molecular complexity index is 1140. The maximum absolute atomic E-state index is 12.7. The molecule has 3 N–H and O–H groups in total. The van der Waals surface area contributed by atoms with E-state index in [9.17, 15) is 35.5 Å². The van der Waals surface area contributed by atoms with Crippen LogP contribution in [-0.2, 0) is 11.2 Å². The fraction of sp³-hybridized carbons (Fsp3) is 0.304. The van der Waals surface area contributed by atoms with Crippen molar-refractivity contribution in [3.63, 3.8) is 0 Å². The summed E-state index contributed by atoms with van der Waals surface area (Å²) in [6.07, 6.45) is -0.0383. The highest BCUT2D eigenvalue weighted by Crippen LogP contribution is 2.38. The number of hydrogen-bond acceptors (Lipinski definition) is 9. The molecule has 180 valence electrons. The molecule has 0 aliphatic rings. The average Bonchev–Trinajstić information content (AvgIpc) is 2.79. The summed E-state index contributed by atoms with van der Waals surface area (Å²) in [5, 5.41) is 50.5. The van der Waals surface area contributed by atoms with Gasteiger partial charge < -0.3 is 29.7 Å². The van der Waals surface area contributed by atoms with Crippen molar-refractivity contribution < 1.29 is 34.5 Å². The molecule has 0 heterocycles. The molecule has 0 fully saturated rings.